The maximum atomic E-state index is 13.4. The zero-order valence-electron chi connectivity index (χ0n) is 13.9. The summed E-state index contributed by atoms with van der Waals surface area (Å²) < 4.78 is 28.1. The molecule has 0 saturated heterocycles. The molecule has 6 nitrogen and oxygen atoms in total. The van der Waals surface area contributed by atoms with Gasteiger partial charge in [0.25, 0.3) is 5.91 Å². The smallest absolute Gasteiger partial charge is 0.251 e. The molecule has 134 valence electrons. The summed E-state index contributed by atoms with van der Waals surface area (Å²) in [4.78, 5) is 28.1. The number of amides is 2. The molecular weight excluding hydrogens is 342 g/mol. The van der Waals surface area contributed by atoms with Gasteiger partial charge in [-0.3, -0.25) is 9.59 Å². The maximum Gasteiger partial charge on any atom is 0.251 e. The van der Waals surface area contributed by atoms with Gasteiger partial charge >= 0.3 is 0 Å². The number of halogens is 2. The van der Waals surface area contributed by atoms with E-state index in [1.807, 2.05) is 6.92 Å². The Morgan fingerprint density at radius 2 is 1.92 bits per heavy atom. The van der Waals surface area contributed by atoms with Gasteiger partial charge in [0.1, 0.15) is 6.54 Å². The summed E-state index contributed by atoms with van der Waals surface area (Å²) in [7, 11) is 0. The van der Waals surface area contributed by atoms with Crippen molar-refractivity contribution in [1.29, 1.82) is 0 Å². The van der Waals surface area contributed by atoms with Crippen molar-refractivity contribution < 1.29 is 18.4 Å². The molecule has 0 aliphatic rings. The molecule has 0 radical (unpaired) electrons. The number of nitrogens with one attached hydrogen (secondary N) is 2. The molecule has 8 heteroatoms. The Hall–Kier alpha value is -3.29. The molecular formula is C18H16F2N4O2. The number of hydrogen-bond acceptors (Lipinski definition) is 3. The van der Waals surface area contributed by atoms with Gasteiger partial charge in [0.05, 0.1) is 17.4 Å². The molecule has 0 spiro atoms. The fourth-order valence-corrected chi connectivity index (χ4v) is 2.54. The van der Waals surface area contributed by atoms with Crippen LogP contribution in [0.4, 0.5) is 14.5 Å². The van der Waals surface area contributed by atoms with Crippen molar-refractivity contribution in [1.82, 2.24) is 14.9 Å². The number of aromatic nitrogens is 2. The van der Waals surface area contributed by atoms with Gasteiger partial charge in [0.15, 0.2) is 11.6 Å². The third-order valence-corrected chi connectivity index (χ3v) is 3.72. The highest BCUT2D eigenvalue weighted by atomic mass is 19.2. The first-order valence-electron chi connectivity index (χ1n) is 7.96. The zero-order valence-corrected chi connectivity index (χ0v) is 13.9. The van der Waals surface area contributed by atoms with Gasteiger partial charge in [-0.2, -0.15) is 0 Å². The highest BCUT2D eigenvalue weighted by molar-refractivity contribution is 5.97. The average molecular weight is 358 g/mol. The van der Waals surface area contributed by atoms with Crippen molar-refractivity contribution >= 4 is 28.5 Å². The summed E-state index contributed by atoms with van der Waals surface area (Å²) in [5.41, 5.74) is 1.46. The van der Waals surface area contributed by atoms with Crippen molar-refractivity contribution in [2.45, 2.75) is 13.5 Å². The van der Waals surface area contributed by atoms with E-state index in [1.54, 1.807) is 24.3 Å². The zero-order chi connectivity index (χ0) is 18.7. The largest absolute Gasteiger partial charge is 0.352 e. The highest BCUT2D eigenvalue weighted by Crippen LogP contribution is 2.18. The number of benzene rings is 2. The molecule has 0 atom stereocenters. The number of imidazole rings is 1. The van der Waals surface area contributed by atoms with Crippen molar-refractivity contribution in [3.05, 3.63) is 59.9 Å². The third kappa shape index (κ3) is 3.69. The minimum absolute atomic E-state index is 0.132. The van der Waals surface area contributed by atoms with Gasteiger partial charge in [-0.05, 0) is 25.1 Å². The lowest BCUT2D eigenvalue weighted by Gasteiger charge is -2.09. The lowest BCUT2D eigenvalue weighted by Crippen LogP contribution is -2.23. The van der Waals surface area contributed by atoms with Crippen molar-refractivity contribution in [2.24, 2.45) is 0 Å². The molecule has 0 unspecified atom stereocenters. The van der Waals surface area contributed by atoms with E-state index >= 15 is 0 Å². The molecule has 3 rings (SSSR count). The second-order valence-electron chi connectivity index (χ2n) is 5.62. The Morgan fingerprint density at radius 1 is 1.15 bits per heavy atom. The predicted octanol–water partition coefficient (Wildman–Crippen LogP) is 2.70. The quantitative estimate of drug-likeness (QED) is 0.736. The first-order valence-corrected chi connectivity index (χ1v) is 7.96. The lowest BCUT2D eigenvalue weighted by atomic mass is 10.2. The summed E-state index contributed by atoms with van der Waals surface area (Å²) in [6.07, 6.45) is 1.34. The van der Waals surface area contributed by atoms with E-state index in [0.717, 1.165) is 12.1 Å². The molecule has 2 amide bonds. The molecule has 0 fully saturated rings. The molecule has 2 aromatic carbocycles. The average Bonchev–Trinajstić information content (AvgIpc) is 2.97. The second kappa shape index (κ2) is 7.30. The van der Waals surface area contributed by atoms with Gasteiger partial charge in [0, 0.05) is 29.9 Å². The number of carbonyl (C=O) groups excluding carboxylic acids is 2. The standard InChI is InChI=1S/C18H16F2N4O2/c1-2-21-18(26)11-4-3-5-12(6-11)23-17(25)9-24-10-22-15-7-13(19)14(20)8-16(15)24/h3-8,10H,2,9H2,1H3,(H,21,26)(H,23,25). The fourth-order valence-electron chi connectivity index (χ4n) is 2.54. The van der Waals surface area contributed by atoms with Gasteiger partial charge in [-0.1, -0.05) is 6.07 Å². The molecule has 0 aliphatic carbocycles. The van der Waals surface area contributed by atoms with Crippen molar-refractivity contribution in [3.63, 3.8) is 0 Å². The van der Waals surface area contributed by atoms with E-state index in [4.69, 9.17) is 0 Å². The van der Waals surface area contributed by atoms with Gasteiger partial charge in [-0.25, -0.2) is 13.8 Å². The van der Waals surface area contributed by atoms with Crippen LogP contribution in [-0.2, 0) is 11.3 Å². The number of anilines is 1. The highest BCUT2D eigenvalue weighted by Gasteiger charge is 2.12. The molecule has 1 aromatic heterocycles. The summed E-state index contributed by atoms with van der Waals surface area (Å²) in [6, 6.07) is 8.49. The molecule has 26 heavy (non-hydrogen) atoms. The lowest BCUT2D eigenvalue weighted by molar-refractivity contribution is -0.116. The number of carbonyl (C=O) groups is 2. The topological polar surface area (TPSA) is 76.0 Å². The summed E-state index contributed by atoms with van der Waals surface area (Å²) in [5, 5.41) is 5.35. The van der Waals surface area contributed by atoms with Crippen LogP contribution >= 0.6 is 0 Å². The maximum absolute atomic E-state index is 13.4. The van der Waals surface area contributed by atoms with Gasteiger partial charge in [-0.15, -0.1) is 0 Å². The molecule has 3 aromatic rings. The first kappa shape index (κ1) is 17.5. The van der Waals surface area contributed by atoms with Gasteiger partial charge in [0.2, 0.25) is 5.91 Å². The van der Waals surface area contributed by atoms with Crippen LogP contribution in [0.1, 0.15) is 17.3 Å². The predicted molar refractivity (Wildman–Crippen MR) is 92.7 cm³/mol. The normalized spacial score (nSPS) is 10.7. The minimum Gasteiger partial charge on any atom is -0.352 e. The van der Waals surface area contributed by atoms with E-state index in [0.29, 0.717) is 23.3 Å². The SMILES string of the molecule is CCNC(=O)c1cccc(NC(=O)Cn2cnc3cc(F)c(F)cc32)c1. The Morgan fingerprint density at radius 3 is 2.69 bits per heavy atom. The second-order valence-corrected chi connectivity index (χ2v) is 5.62. The third-order valence-electron chi connectivity index (χ3n) is 3.72. The molecule has 0 aliphatic heterocycles. The number of nitrogens with zero attached hydrogens (tertiary/aromatic N) is 2. The van der Waals surface area contributed by atoms with E-state index in [2.05, 4.69) is 15.6 Å². The number of hydrogen-bond donors (Lipinski definition) is 2. The van der Waals surface area contributed by atoms with E-state index in [9.17, 15) is 18.4 Å². The fraction of sp³-hybridized carbons (Fsp3) is 0.167. The molecule has 0 bridgehead atoms. The molecule has 2 N–H and O–H groups in total. The molecule has 1 heterocycles. The Balaban J connectivity index is 1.74. The first-order chi connectivity index (χ1) is 12.5. The van der Waals surface area contributed by atoms with E-state index in [1.165, 1.54) is 10.9 Å². The van der Waals surface area contributed by atoms with Crippen LogP contribution in [0.25, 0.3) is 11.0 Å². The van der Waals surface area contributed by atoms with Crippen LogP contribution < -0.4 is 10.6 Å². The van der Waals surface area contributed by atoms with Crippen molar-refractivity contribution in [2.75, 3.05) is 11.9 Å². The summed E-state index contributed by atoms with van der Waals surface area (Å²) >= 11 is 0. The van der Waals surface area contributed by atoms with Crippen LogP contribution in [0.3, 0.4) is 0 Å². The van der Waals surface area contributed by atoms with Crippen molar-refractivity contribution in [3.8, 4) is 0 Å². The Bertz CT molecular complexity index is 984. The van der Waals surface area contributed by atoms with Crippen LogP contribution in [-0.4, -0.2) is 27.9 Å². The van der Waals surface area contributed by atoms with E-state index < -0.39 is 11.6 Å². The van der Waals surface area contributed by atoms with Crippen LogP contribution in [0.5, 0.6) is 0 Å². The Kier molecular flexibility index (Phi) is 4.92. The van der Waals surface area contributed by atoms with Crippen LogP contribution in [0, 0.1) is 11.6 Å². The Labute approximate surface area is 147 Å². The van der Waals surface area contributed by atoms with Gasteiger partial charge < -0.3 is 15.2 Å². The molecule has 0 saturated carbocycles. The minimum atomic E-state index is -1.01. The van der Waals surface area contributed by atoms with Crippen LogP contribution in [0.2, 0.25) is 0 Å². The summed E-state index contributed by atoms with van der Waals surface area (Å²) in [5.74, 6) is -2.62. The van der Waals surface area contributed by atoms with E-state index in [-0.39, 0.29) is 23.9 Å². The van der Waals surface area contributed by atoms with Crippen LogP contribution in [0.15, 0.2) is 42.7 Å². The monoisotopic (exact) mass is 358 g/mol. The number of rotatable bonds is 5. The summed E-state index contributed by atoms with van der Waals surface area (Å²) in [6.45, 7) is 2.18. The number of fused-ring (bicyclic) bond motifs is 1.